The minimum atomic E-state index is -0.231. The topological polar surface area (TPSA) is 69.4 Å². The summed E-state index contributed by atoms with van der Waals surface area (Å²) in [5.74, 6) is 0.556. The minimum absolute atomic E-state index is 0.107. The first-order valence-corrected chi connectivity index (χ1v) is 7.11. The molecule has 118 valence electrons. The number of hydrogen-bond acceptors (Lipinski definition) is 4. The molecule has 2 aromatic rings. The Labute approximate surface area is 128 Å². The van der Waals surface area contributed by atoms with Gasteiger partial charge in [-0.3, -0.25) is 9.36 Å². The largest absolute Gasteiger partial charge is 0.492 e. The van der Waals surface area contributed by atoms with Crippen LogP contribution in [0.4, 0.5) is 5.69 Å². The Bertz CT molecular complexity index is 705. The quantitative estimate of drug-likeness (QED) is 0.799. The average molecular weight is 304 g/mol. The van der Waals surface area contributed by atoms with Gasteiger partial charge in [0.1, 0.15) is 12.1 Å². The molecule has 2 rings (SSSR count). The Morgan fingerprint density at radius 3 is 2.73 bits per heavy atom. The highest BCUT2D eigenvalue weighted by atomic mass is 16.5. The molecule has 1 amide bonds. The van der Waals surface area contributed by atoms with Crippen LogP contribution in [0.3, 0.4) is 0 Å². The maximum atomic E-state index is 12.3. The van der Waals surface area contributed by atoms with E-state index in [2.05, 4.69) is 5.10 Å². The van der Waals surface area contributed by atoms with Crippen LogP contribution >= 0.6 is 0 Å². The number of carbonyl (C=O) groups excluding carboxylic acids is 1. The molecule has 0 aliphatic heterocycles. The molecule has 0 aliphatic carbocycles. The van der Waals surface area contributed by atoms with Crippen molar-refractivity contribution < 1.29 is 9.53 Å². The number of nitrogens with zero attached hydrogens (tertiary/aromatic N) is 4. The highest BCUT2D eigenvalue weighted by Crippen LogP contribution is 2.27. The lowest BCUT2D eigenvalue weighted by atomic mass is 10.2. The molecular weight excluding hydrogens is 284 g/mol. The Morgan fingerprint density at radius 2 is 2.09 bits per heavy atom. The monoisotopic (exact) mass is 304 g/mol. The van der Waals surface area contributed by atoms with Crippen molar-refractivity contribution in [2.24, 2.45) is 7.05 Å². The van der Waals surface area contributed by atoms with Crippen LogP contribution < -0.4 is 15.3 Å². The van der Waals surface area contributed by atoms with Crippen molar-refractivity contribution in [1.82, 2.24) is 14.3 Å². The van der Waals surface area contributed by atoms with Crippen molar-refractivity contribution in [3.8, 4) is 5.75 Å². The molecule has 0 radical (unpaired) electrons. The van der Waals surface area contributed by atoms with Crippen LogP contribution in [0.2, 0.25) is 0 Å². The molecule has 0 spiro atoms. The summed E-state index contributed by atoms with van der Waals surface area (Å²) < 4.78 is 8.18. The van der Waals surface area contributed by atoms with Gasteiger partial charge in [0, 0.05) is 20.5 Å². The number of anilines is 1. The normalized spacial score (nSPS) is 10.5. The molecule has 1 heterocycles. The Kier molecular flexibility index (Phi) is 4.98. The zero-order valence-corrected chi connectivity index (χ0v) is 13.0. The zero-order valence-electron chi connectivity index (χ0n) is 13.0. The predicted octanol–water partition coefficient (Wildman–Crippen LogP) is 1.03. The van der Waals surface area contributed by atoms with Gasteiger partial charge in [0.2, 0.25) is 5.91 Å². The molecule has 0 saturated heterocycles. The number of carbonyl (C=O) groups is 1. The number of hydrogen-bond donors (Lipinski definition) is 0. The minimum Gasteiger partial charge on any atom is -0.492 e. The molecule has 0 saturated carbocycles. The van der Waals surface area contributed by atoms with Crippen molar-refractivity contribution in [2.45, 2.75) is 19.9 Å². The van der Waals surface area contributed by atoms with E-state index in [0.717, 1.165) is 0 Å². The Morgan fingerprint density at radius 1 is 1.36 bits per heavy atom. The SMILES string of the molecule is CCOc1ccccc1N(C)C(=O)CCn1ncn(C)c1=O. The van der Waals surface area contributed by atoms with E-state index in [4.69, 9.17) is 4.74 Å². The molecule has 1 aromatic heterocycles. The van der Waals surface area contributed by atoms with E-state index in [9.17, 15) is 9.59 Å². The van der Waals surface area contributed by atoms with E-state index in [0.29, 0.717) is 18.0 Å². The molecule has 7 nitrogen and oxygen atoms in total. The zero-order chi connectivity index (χ0) is 16.1. The smallest absolute Gasteiger partial charge is 0.345 e. The fourth-order valence-electron chi connectivity index (χ4n) is 2.09. The molecule has 0 unspecified atom stereocenters. The lowest BCUT2D eigenvalue weighted by Crippen LogP contribution is -2.30. The summed E-state index contributed by atoms with van der Waals surface area (Å²) in [6.07, 6.45) is 1.62. The number of rotatable bonds is 6. The van der Waals surface area contributed by atoms with Gasteiger partial charge in [-0.15, -0.1) is 0 Å². The van der Waals surface area contributed by atoms with Crippen LogP contribution in [0.5, 0.6) is 5.75 Å². The predicted molar refractivity (Wildman–Crippen MR) is 83.1 cm³/mol. The summed E-state index contributed by atoms with van der Waals surface area (Å²) in [7, 11) is 3.32. The summed E-state index contributed by atoms with van der Waals surface area (Å²) in [6, 6.07) is 7.37. The van der Waals surface area contributed by atoms with Gasteiger partial charge in [0.05, 0.1) is 18.8 Å². The molecule has 22 heavy (non-hydrogen) atoms. The summed E-state index contributed by atoms with van der Waals surface area (Å²) >= 11 is 0. The molecule has 0 bridgehead atoms. The Balaban J connectivity index is 2.06. The lowest BCUT2D eigenvalue weighted by molar-refractivity contribution is -0.118. The third-order valence-corrected chi connectivity index (χ3v) is 3.32. The number of aryl methyl sites for hydroxylation is 2. The first-order valence-electron chi connectivity index (χ1n) is 7.11. The van der Waals surface area contributed by atoms with Gasteiger partial charge in [0.15, 0.2) is 0 Å². The highest BCUT2D eigenvalue weighted by Gasteiger charge is 2.15. The lowest BCUT2D eigenvalue weighted by Gasteiger charge is -2.20. The van der Waals surface area contributed by atoms with Crippen LogP contribution in [0.25, 0.3) is 0 Å². The van der Waals surface area contributed by atoms with Gasteiger partial charge < -0.3 is 9.64 Å². The summed E-state index contributed by atoms with van der Waals surface area (Å²) in [4.78, 5) is 25.5. The fourth-order valence-corrected chi connectivity index (χ4v) is 2.09. The van der Waals surface area contributed by atoms with Crippen LogP contribution in [0.1, 0.15) is 13.3 Å². The maximum absolute atomic E-state index is 12.3. The van der Waals surface area contributed by atoms with Crippen LogP contribution in [-0.2, 0) is 18.4 Å². The average Bonchev–Trinajstić information content (AvgIpc) is 2.84. The first-order chi connectivity index (χ1) is 10.5. The third-order valence-electron chi connectivity index (χ3n) is 3.32. The second-order valence-corrected chi connectivity index (χ2v) is 4.85. The fraction of sp³-hybridized carbons (Fsp3) is 0.400. The van der Waals surface area contributed by atoms with Crippen molar-refractivity contribution in [2.75, 3.05) is 18.6 Å². The maximum Gasteiger partial charge on any atom is 0.345 e. The van der Waals surface area contributed by atoms with Gasteiger partial charge in [-0.2, -0.15) is 5.10 Å². The van der Waals surface area contributed by atoms with Gasteiger partial charge in [-0.05, 0) is 19.1 Å². The van der Waals surface area contributed by atoms with Gasteiger partial charge >= 0.3 is 5.69 Å². The van der Waals surface area contributed by atoms with E-state index in [-0.39, 0.29) is 24.6 Å². The molecule has 0 aliphatic rings. The second-order valence-electron chi connectivity index (χ2n) is 4.85. The second kappa shape index (κ2) is 6.93. The molecule has 1 aromatic carbocycles. The number of amides is 1. The van der Waals surface area contributed by atoms with Gasteiger partial charge in [0.25, 0.3) is 0 Å². The van der Waals surface area contributed by atoms with Crippen LogP contribution in [0.15, 0.2) is 35.4 Å². The van der Waals surface area contributed by atoms with Crippen molar-refractivity contribution >= 4 is 11.6 Å². The van der Waals surface area contributed by atoms with Crippen molar-refractivity contribution in [3.05, 3.63) is 41.1 Å². The van der Waals surface area contributed by atoms with E-state index < -0.39 is 0 Å². The van der Waals surface area contributed by atoms with Crippen molar-refractivity contribution in [1.29, 1.82) is 0 Å². The van der Waals surface area contributed by atoms with E-state index in [1.807, 2.05) is 31.2 Å². The number of para-hydroxylation sites is 2. The number of benzene rings is 1. The van der Waals surface area contributed by atoms with Gasteiger partial charge in [-0.1, -0.05) is 12.1 Å². The molecule has 0 atom stereocenters. The molecular formula is C15H20N4O3. The number of ether oxygens (including phenoxy) is 1. The summed E-state index contributed by atoms with van der Waals surface area (Å²) in [5.41, 5.74) is 0.480. The molecule has 7 heteroatoms. The van der Waals surface area contributed by atoms with Crippen LogP contribution in [-0.4, -0.2) is 33.9 Å². The standard InChI is InChI=1S/C15H20N4O3/c1-4-22-13-8-6-5-7-12(13)18(3)14(20)9-10-19-15(21)17(2)11-16-19/h5-8,11H,4,9-10H2,1-3H3. The van der Waals surface area contributed by atoms with Gasteiger partial charge in [-0.25, -0.2) is 9.48 Å². The first kappa shape index (κ1) is 15.8. The summed E-state index contributed by atoms with van der Waals surface area (Å²) in [6.45, 7) is 2.67. The van der Waals surface area contributed by atoms with Crippen molar-refractivity contribution in [3.63, 3.8) is 0 Å². The Hall–Kier alpha value is -2.57. The molecule has 0 fully saturated rings. The number of aromatic nitrogens is 3. The summed E-state index contributed by atoms with van der Waals surface area (Å²) in [5, 5.41) is 3.94. The van der Waals surface area contributed by atoms with Crippen LogP contribution in [0, 0.1) is 0 Å². The van der Waals surface area contributed by atoms with E-state index in [1.54, 1.807) is 19.0 Å². The highest BCUT2D eigenvalue weighted by molar-refractivity contribution is 5.94. The third kappa shape index (κ3) is 3.36. The van der Waals surface area contributed by atoms with E-state index >= 15 is 0 Å². The van der Waals surface area contributed by atoms with E-state index in [1.165, 1.54) is 15.6 Å². The molecule has 0 N–H and O–H groups in total.